The van der Waals surface area contributed by atoms with Crippen molar-refractivity contribution in [1.29, 1.82) is 0 Å². The monoisotopic (exact) mass is 493 g/mol. The number of rotatable bonds is 3. The van der Waals surface area contributed by atoms with Crippen molar-refractivity contribution in [3.05, 3.63) is 50.8 Å². The number of alkyl halides is 3. The number of aryl methyl sites for hydroxylation is 1. The van der Waals surface area contributed by atoms with Crippen LogP contribution in [0.3, 0.4) is 0 Å². The smallest absolute Gasteiger partial charge is 0.337 e. The third-order valence-electron chi connectivity index (χ3n) is 6.77. The van der Waals surface area contributed by atoms with Crippen molar-refractivity contribution < 1.29 is 22.8 Å². The molecule has 33 heavy (non-hydrogen) atoms. The maximum absolute atomic E-state index is 13.1. The number of likely N-dealkylation sites (tertiary alicyclic amines) is 2. The first kappa shape index (κ1) is 22.3. The number of fused-ring (bicyclic) bond motifs is 1. The van der Waals surface area contributed by atoms with Crippen LogP contribution in [0.15, 0.2) is 29.8 Å². The van der Waals surface area contributed by atoms with Gasteiger partial charge in [-0.3, -0.25) is 9.59 Å². The second-order valence-corrected chi connectivity index (χ2v) is 10.6. The molecule has 2 aromatic heterocycles. The highest BCUT2D eigenvalue weighted by atomic mass is 32.1. The fourth-order valence-electron chi connectivity index (χ4n) is 4.76. The van der Waals surface area contributed by atoms with E-state index in [1.807, 2.05) is 4.90 Å². The molecule has 0 atom stereocenters. The van der Waals surface area contributed by atoms with E-state index in [2.05, 4.69) is 4.98 Å². The lowest BCUT2D eigenvalue weighted by atomic mass is 9.79. The van der Waals surface area contributed by atoms with Gasteiger partial charge in [-0.25, -0.2) is 4.98 Å². The lowest BCUT2D eigenvalue weighted by molar-refractivity contribution is -0.137. The second kappa shape index (κ2) is 8.39. The van der Waals surface area contributed by atoms with Crippen LogP contribution in [0.1, 0.15) is 43.4 Å². The molecule has 5 rings (SSSR count). The lowest BCUT2D eigenvalue weighted by Crippen LogP contribution is -2.54. The topological polar surface area (TPSA) is 53.5 Å². The number of hydrogen-bond donors (Lipinski definition) is 0. The van der Waals surface area contributed by atoms with E-state index in [1.54, 1.807) is 23.4 Å². The highest BCUT2D eigenvalue weighted by molar-refractivity contribution is 7.21. The number of thiophene rings is 1. The fraction of sp³-hybridized carbons (Fsp3) is 0.435. The normalized spacial score (nSPS) is 18.1. The Kier molecular flexibility index (Phi) is 5.68. The number of benzene rings is 1. The summed E-state index contributed by atoms with van der Waals surface area (Å²) in [6, 6.07) is 3.66. The number of amides is 2. The average Bonchev–Trinajstić information content (AvgIpc) is 3.40. The molecule has 174 valence electrons. The zero-order valence-electron chi connectivity index (χ0n) is 17.9. The minimum Gasteiger partial charge on any atom is -0.337 e. The minimum absolute atomic E-state index is 0.0113. The van der Waals surface area contributed by atoms with Gasteiger partial charge in [-0.1, -0.05) is 6.07 Å². The van der Waals surface area contributed by atoms with E-state index in [1.165, 1.54) is 17.4 Å². The molecule has 1 aromatic carbocycles. The van der Waals surface area contributed by atoms with Crippen LogP contribution in [0, 0.1) is 18.8 Å². The molecule has 2 amide bonds. The van der Waals surface area contributed by atoms with Gasteiger partial charge < -0.3 is 9.80 Å². The Balaban J connectivity index is 1.19. The summed E-state index contributed by atoms with van der Waals surface area (Å²) >= 11 is 2.49. The van der Waals surface area contributed by atoms with Crippen molar-refractivity contribution >= 4 is 44.6 Å². The Morgan fingerprint density at radius 3 is 2.42 bits per heavy atom. The van der Waals surface area contributed by atoms with Crippen molar-refractivity contribution in [3.8, 4) is 0 Å². The summed E-state index contributed by atoms with van der Waals surface area (Å²) in [5, 5.41) is 3.02. The number of aromatic nitrogens is 1. The number of nitrogens with zero attached hydrogens (tertiary/aromatic N) is 3. The maximum Gasteiger partial charge on any atom is 0.416 e. The van der Waals surface area contributed by atoms with Gasteiger partial charge in [0.05, 0.1) is 10.4 Å². The number of hydrogen-bond acceptors (Lipinski definition) is 5. The Hall–Kier alpha value is -2.46. The highest BCUT2D eigenvalue weighted by Gasteiger charge is 2.39. The van der Waals surface area contributed by atoms with Crippen LogP contribution in [0.4, 0.5) is 13.2 Å². The van der Waals surface area contributed by atoms with E-state index in [0.717, 1.165) is 41.9 Å². The zero-order valence-corrected chi connectivity index (χ0v) is 19.5. The molecule has 5 nitrogen and oxygen atoms in total. The predicted molar refractivity (Wildman–Crippen MR) is 122 cm³/mol. The molecule has 2 aliphatic rings. The van der Waals surface area contributed by atoms with Crippen LogP contribution in [0.5, 0.6) is 0 Å². The molecular weight excluding hydrogens is 471 g/mol. The van der Waals surface area contributed by atoms with Crippen LogP contribution in [0.25, 0.3) is 10.1 Å². The van der Waals surface area contributed by atoms with Gasteiger partial charge in [0.15, 0.2) is 5.01 Å². The third-order valence-corrected chi connectivity index (χ3v) is 8.77. The first-order valence-corrected chi connectivity index (χ1v) is 12.5. The largest absolute Gasteiger partial charge is 0.416 e. The van der Waals surface area contributed by atoms with Crippen molar-refractivity contribution in [2.45, 2.75) is 25.9 Å². The van der Waals surface area contributed by atoms with Gasteiger partial charge in [0.25, 0.3) is 11.8 Å². The number of carbonyl (C=O) groups excluding carboxylic acids is 2. The van der Waals surface area contributed by atoms with Crippen LogP contribution < -0.4 is 0 Å². The van der Waals surface area contributed by atoms with E-state index in [0.29, 0.717) is 58.0 Å². The average molecular weight is 494 g/mol. The van der Waals surface area contributed by atoms with Gasteiger partial charge in [-0.2, -0.15) is 13.2 Å². The van der Waals surface area contributed by atoms with Crippen LogP contribution in [0.2, 0.25) is 0 Å². The number of carbonyl (C=O) groups is 2. The van der Waals surface area contributed by atoms with Crippen molar-refractivity contribution in [1.82, 2.24) is 14.8 Å². The molecule has 2 saturated heterocycles. The van der Waals surface area contributed by atoms with Gasteiger partial charge in [-0.05, 0) is 54.7 Å². The van der Waals surface area contributed by atoms with E-state index < -0.39 is 11.7 Å². The van der Waals surface area contributed by atoms with Gasteiger partial charge >= 0.3 is 6.18 Å². The van der Waals surface area contributed by atoms with E-state index in [4.69, 9.17) is 0 Å². The Labute approximate surface area is 196 Å². The van der Waals surface area contributed by atoms with Gasteiger partial charge in [0.2, 0.25) is 0 Å². The summed E-state index contributed by atoms with van der Waals surface area (Å²) in [5.41, 5.74) is 0.0464. The SMILES string of the molecule is Cc1c(C(=O)N2CC(C3CCN(C(=O)c4nccs4)CC3)C2)sc2cc(C(F)(F)F)ccc12. The first-order valence-electron chi connectivity index (χ1n) is 10.8. The molecule has 2 aliphatic heterocycles. The van der Waals surface area contributed by atoms with Gasteiger partial charge in [0.1, 0.15) is 0 Å². The number of thiazole rings is 1. The maximum atomic E-state index is 13.1. The summed E-state index contributed by atoms with van der Waals surface area (Å²) in [6.07, 6.45) is -0.947. The molecule has 0 N–H and O–H groups in total. The summed E-state index contributed by atoms with van der Waals surface area (Å²) in [6.45, 7) is 4.51. The van der Waals surface area contributed by atoms with Crippen molar-refractivity contribution in [2.75, 3.05) is 26.2 Å². The molecule has 10 heteroatoms. The second-order valence-electron chi connectivity index (χ2n) is 8.70. The standard InChI is InChI=1S/C23H22F3N3O2S2/c1-13-17-3-2-16(23(24,25)26)10-18(17)33-19(13)21(30)29-11-15(12-29)14-4-7-28(8-5-14)22(31)20-27-6-9-32-20/h2-3,6,9-10,14-15H,4-5,7-8,11-12H2,1H3. The van der Waals surface area contributed by atoms with Crippen LogP contribution in [-0.4, -0.2) is 52.8 Å². The van der Waals surface area contributed by atoms with E-state index in [9.17, 15) is 22.8 Å². The van der Waals surface area contributed by atoms with E-state index in [-0.39, 0.29) is 11.8 Å². The third kappa shape index (κ3) is 4.14. The Bertz CT molecular complexity index is 1190. The minimum atomic E-state index is -4.40. The summed E-state index contributed by atoms with van der Waals surface area (Å²) in [5.74, 6) is 0.752. The van der Waals surface area contributed by atoms with E-state index >= 15 is 0 Å². The Morgan fingerprint density at radius 1 is 1.06 bits per heavy atom. The molecule has 0 spiro atoms. The fourth-order valence-corrected chi connectivity index (χ4v) is 6.58. The lowest BCUT2D eigenvalue weighted by Gasteiger charge is -2.46. The molecule has 0 aliphatic carbocycles. The highest BCUT2D eigenvalue weighted by Crippen LogP contribution is 2.39. The molecular formula is C23H22F3N3O2S2. The summed E-state index contributed by atoms with van der Waals surface area (Å²) in [7, 11) is 0. The molecule has 4 heterocycles. The summed E-state index contributed by atoms with van der Waals surface area (Å²) in [4.78, 5) is 33.8. The number of halogens is 3. The van der Waals surface area contributed by atoms with Crippen molar-refractivity contribution in [2.24, 2.45) is 11.8 Å². The number of piperidine rings is 1. The molecule has 0 unspecified atom stereocenters. The van der Waals surface area contributed by atoms with Crippen LogP contribution >= 0.6 is 22.7 Å². The molecule has 0 bridgehead atoms. The zero-order chi connectivity index (χ0) is 23.3. The molecule has 0 saturated carbocycles. The molecule has 2 fully saturated rings. The first-order chi connectivity index (χ1) is 15.7. The predicted octanol–water partition coefficient (Wildman–Crippen LogP) is 5.31. The molecule has 0 radical (unpaired) electrons. The van der Waals surface area contributed by atoms with Gasteiger partial charge in [-0.15, -0.1) is 22.7 Å². The van der Waals surface area contributed by atoms with Gasteiger partial charge in [0, 0.05) is 42.5 Å². The quantitative estimate of drug-likeness (QED) is 0.497. The Morgan fingerprint density at radius 2 is 1.79 bits per heavy atom. The summed E-state index contributed by atoms with van der Waals surface area (Å²) < 4.78 is 39.6. The molecule has 3 aromatic rings. The van der Waals surface area contributed by atoms with Crippen LogP contribution in [-0.2, 0) is 6.18 Å². The van der Waals surface area contributed by atoms with Crippen molar-refractivity contribution in [3.63, 3.8) is 0 Å².